The quantitative estimate of drug-likeness (QED) is 0.927. The highest BCUT2D eigenvalue weighted by atomic mass is 35.5. The zero-order chi connectivity index (χ0) is 16.4. The maximum atomic E-state index is 13.1. The number of carbonyl (C=O) groups excluding carboxylic acids is 1. The first-order valence-electron chi connectivity index (χ1n) is 6.16. The first kappa shape index (κ1) is 17.2. The molecule has 5 nitrogen and oxygen atoms in total. The maximum Gasteiger partial charge on any atom is 0.411 e. The molecule has 21 heavy (non-hydrogen) atoms. The van der Waals surface area contributed by atoms with Crippen LogP contribution < -0.4 is 0 Å². The van der Waals surface area contributed by atoms with Crippen LogP contribution in [0, 0.1) is 5.82 Å². The summed E-state index contributed by atoms with van der Waals surface area (Å²) in [5.41, 5.74) is -0.653. The Hall–Kier alpha value is -1.82. The number of carboxylic acids is 1. The number of ether oxygens (including phenoxy) is 1. The van der Waals surface area contributed by atoms with E-state index in [0.29, 0.717) is 0 Å². The van der Waals surface area contributed by atoms with Gasteiger partial charge >= 0.3 is 12.1 Å². The molecule has 1 atom stereocenters. The molecule has 0 aliphatic heterocycles. The number of hydrogen-bond acceptors (Lipinski definition) is 3. The van der Waals surface area contributed by atoms with Crippen LogP contribution in [-0.4, -0.2) is 34.7 Å². The molecule has 0 heterocycles. The van der Waals surface area contributed by atoms with Gasteiger partial charge in [0.1, 0.15) is 11.4 Å². The molecule has 1 amide bonds. The molecule has 1 unspecified atom stereocenters. The maximum absolute atomic E-state index is 13.1. The molecule has 0 bridgehead atoms. The number of rotatable bonds is 3. The highest BCUT2D eigenvalue weighted by Gasteiger charge is 2.32. The smallest absolute Gasteiger partial charge is 0.411 e. The molecule has 0 spiro atoms. The minimum atomic E-state index is -1.37. The molecule has 1 N–H and O–H groups in total. The summed E-state index contributed by atoms with van der Waals surface area (Å²) in [6.07, 6.45) is -0.810. The summed E-state index contributed by atoms with van der Waals surface area (Å²) >= 11 is 5.87. The molecular formula is C14H17ClFNO4. The number of benzene rings is 1. The fraction of sp³-hybridized carbons (Fsp3) is 0.429. The molecule has 0 fully saturated rings. The van der Waals surface area contributed by atoms with Crippen LogP contribution >= 0.6 is 11.6 Å². The molecule has 116 valence electrons. The van der Waals surface area contributed by atoms with Crippen LogP contribution in [0.2, 0.25) is 5.02 Å². The summed E-state index contributed by atoms with van der Waals surface area (Å²) in [7, 11) is 1.28. The average molecular weight is 318 g/mol. The van der Waals surface area contributed by atoms with E-state index in [1.807, 2.05) is 0 Å². The molecule has 1 rings (SSSR count). The Morgan fingerprint density at radius 3 is 2.38 bits per heavy atom. The molecule has 0 aliphatic rings. The highest BCUT2D eigenvalue weighted by molar-refractivity contribution is 6.31. The molecule has 0 saturated carbocycles. The zero-order valence-corrected chi connectivity index (χ0v) is 12.9. The van der Waals surface area contributed by atoms with Gasteiger partial charge in [-0.25, -0.2) is 14.0 Å². The Bertz CT molecular complexity index is 556. The lowest BCUT2D eigenvalue weighted by atomic mass is 10.1. The van der Waals surface area contributed by atoms with Gasteiger partial charge in [-0.2, -0.15) is 0 Å². The number of halogens is 2. The van der Waals surface area contributed by atoms with E-state index in [1.54, 1.807) is 20.8 Å². The minimum Gasteiger partial charge on any atom is -0.479 e. The van der Waals surface area contributed by atoms with Crippen LogP contribution in [0.3, 0.4) is 0 Å². The van der Waals surface area contributed by atoms with E-state index < -0.39 is 29.5 Å². The third-order valence-corrected chi connectivity index (χ3v) is 2.89. The molecule has 0 aliphatic carbocycles. The Labute approximate surface area is 127 Å². The van der Waals surface area contributed by atoms with Crippen LogP contribution in [0.15, 0.2) is 18.2 Å². The number of amides is 1. The number of hydrogen-bond donors (Lipinski definition) is 1. The van der Waals surface area contributed by atoms with Crippen molar-refractivity contribution in [3.8, 4) is 0 Å². The summed E-state index contributed by atoms with van der Waals surface area (Å²) in [5, 5.41) is 9.26. The Morgan fingerprint density at radius 1 is 1.38 bits per heavy atom. The van der Waals surface area contributed by atoms with Crippen LogP contribution in [0.5, 0.6) is 0 Å². The van der Waals surface area contributed by atoms with Gasteiger partial charge in [0.2, 0.25) is 0 Å². The van der Waals surface area contributed by atoms with Crippen LogP contribution in [0.4, 0.5) is 9.18 Å². The molecule has 7 heteroatoms. The van der Waals surface area contributed by atoms with Gasteiger partial charge in [-0.3, -0.25) is 4.90 Å². The SMILES string of the molecule is CN(C(=O)OC(C)(C)C)C(C(=O)O)c1ccc(F)cc1Cl. The van der Waals surface area contributed by atoms with Crippen molar-refractivity contribution in [3.05, 3.63) is 34.6 Å². The largest absolute Gasteiger partial charge is 0.479 e. The first-order chi connectivity index (χ1) is 9.53. The van der Waals surface area contributed by atoms with Crippen molar-refractivity contribution in [2.24, 2.45) is 0 Å². The molecule has 1 aromatic rings. The van der Waals surface area contributed by atoms with Gasteiger partial charge in [-0.05, 0) is 32.9 Å². The van der Waals surface area contributed by atoms with Crippen molar-refractivity contribution < 1.29 is 23.8 Å². The van der Waals surface area contributed by atoms with E-state index in [4.69, 9.17) is 16.3 Å². The number of carbonyl (C=O) groups is 2. The molecule has 0 radical (unpaired) electrons. The Balaban J connectivity index is 3.12. The van der Waals surface area contributed by atoms with Crippen molar-refractivity contribution >= 4 is 23.7 Å². The number of carboxylic acid groups (broad SMARTS) is 1. The van der Waals surface area contributed by atoms with E-state index in [9.17, 15) is 19.1 Å². The first-order valence-corrected chi connectivity index (χ1v) is 6.54. The summed E-state index contributed by atoms with van der Waals surface area (Å²) in [4.78, 5) is 24.3. The molecule has 1 aromatic carbocycles. The summed E-state index contributed by atoms with van der Waals surface area (Å²) < 4.78 is 18.2. The average Bonchev–Trinajstić information content (AvgIpc) is 2.29. The summed E-state index contributed by atoms with van der Waals surface area (Å²) in [6.45, 7) is 5.00. The minimum absolute atomic E-state index is 0.0715. The second-order valence-electron chi connectivity index (χ2n) is 5.50. The summed E-state index contributed by atoms with van der Waals surface area (Å²) in [5.74, 6) is -1.88. The van der Waals surface area contributed by atoms with Gasteiger partial charge < -0.3 is 9.84 Å². The van der Waals surface area contributed by atoms with Gasteiger partial charge in [0, 0.05) is 17.6 Å². The standard InChI is InChI=1S/C14H17ClFNO4/c1-14(2,3)21-13(20)17(4)11(12(18)19)9-6-5-8(16)7-10(9)15/h5-7,11H,1-4H3,(H,18,19). The predicted octanol–water partition coefficient (Wildman–Crippen LogP) is 3.47. The second-order valence-corrected chi connectivity index (χ2v) is 5.91. The molecule has 0 saturated heterocycles. The fourth-order valence-corrected chi connectivity index (χ4v) is 1.94. The Kier molecular flexibility index (Phi) is 5.17. The van der Waals surface area contributed by atoms with E-state index in [0.717, 1.165) is 17.0 Å². The molecule has 0 aromatic heterocycles. The van der Waals surface area contributed by atoms with Crippen molar-refractivity contribution in [3.63, 3.8) is 0 Å². The lowest BCUT2D eigenvalue weighted by molar-refractivity contribution is -0.142. The zero-order valence-electron chi connectivity index (χ0n) is 12.2. The highest BCUT2D eigenvalue weighted by Crippen LogP contribution is 2.29. The van der Waals surface area contributed by atoms with E-state index >= 15 is 0 Å². The molecular weight excluding hydrogens is 301 g/mol. The number of aliphatic carboxylic acids is 1. The summed E-state index contributed by atoms with van der Waals surface area (Å²) in [6, 6.07) is 1.95. The Morgan fingerprint density at radius 2 is 1.95 bits per heavy atom. The van der Waals surface area contributed by atoms with Gasteiger partial charge in [-0.15, -0.1) is 0 Å². The van der Waals surface area contributed by atoms with Crippen molar-refractivity contribution in [1.29, 1.82) is 0 Å². The van der Waals surface area contributed by atoms with Crippen LogP contribution in [-0.2, 0) is 9.53 Å². The third-order valence-electron chi connectivity index (χ3n) is 2.56. The number of nitrogens with zero attached hydrogens (tertiary/aromatic N) is 1. The van der Waals surface area contributed by atoms with Crippen LogP contribution in [0.1, 0.15) is 32.4 Å². The third kappa shape index (κ3) is 4.60. The lowest BCUT2D eigenvalue weighted by Crippen LogP contribution is -2.39. The van der Waals surface area contributed by atoms with E-state index in [2.05, 4.69) is 0 Å². The second kappa shape index (κ2) is 6.30. The van der Waals surface area contributed by atoms with E-state index in [1.165, 1.54) is 13.1 Å². The lowest BCUT2D eigenvalue weighted by Gasteiger charge is -2.29. The topological polar surface area (TPSA) is 66.8 Å². The van der Waals surface area contributed by atoms with Crippen molar-refractivity contribution in [2.75, 3.05) is 7.05 Å². The van der Waals surface area contributed by atoms with Gasteiger partial charge in [0.25, 0.3) is 0 Å². The van der Waals surface area contributed by atoms with Crippen molar-refractivity contribution in [1.82, 2.24) is 4.90 Å². The van der Waals surface area contributed by atoms with Gasteiger partial charge in [-0.1, -0.05) is 17.7 Å². The van der Waals surface area contributed by atoms with Crippen molar-refractivity contribution in [2.45, 2.75) is 32.4 Å². The normalized spacial score (nSPS) is 12.7. The fourth-order valence-electron chi connectivity index (χ4n) is 1.67. The van der Waals surface area contributed by atoms with Crippen LogP contribution in [0.25, 0.3) is 0 Å². The monoisotopic (exact) mass is 317 g/mol. The predicted molar refractivity (Wildman–Crippen MR) is 75.8 cm³/mol. The van der Waals surface area contributed by atoms with Gasteiger partial charge in [0.15, 0.2) is 6.04 Å². The number of likely N-dealkylation sites (N-methyl/N-ethyl adjacent to an activating group) is 1. The van der Waals surface area contributed by atoms with E-state index in [-0.39, 0.29) is 10.6 Å². The van der Waals surface area contributed by atoms with Gasteiger partial charge in [0.05, 0.1) is 0 Å².